The Morgan fingerprint density at radius 3 is 3.11 bits per heavy atom. The molecule has 0 aliphatic carbocycles. The average Bonchev–Trinajstić information content (AvgIpc) is 2.41. The van der Waals surface area contributed by atoms with Gasteiger partial charge in [-0.2, -0.15) is 11.8 Å². The lowest BCUT2D eigenvalue weighted by molar-refractivity contribution is -0.142. The van der Waals surface area contributed by atoms with Gasteiger partial charge in [0.1, 0.15) is 6.04 Å². The molecule has 0 amide bonds. The van der Waals surface area contributed by atoms with E-state index in [0.717, 1.165) is 5.75 Å². The van der Waals surface area contributed by atoms with Gasteiger partial charge in [0.2, 0.25) is 0 Å². The van der Waals surface area contributed by atoms with Crippen LogP contribution in [0.25, 0.3) is 0 Å². The molecule has 1 N–H and O–H groups in total. The highest BCUT2D eigenvalue weighted by Crippen LogP contribution is 2.24. The zero-order valence-electron chi connectivity index (χ0n) is 10.6. The summed E-state index contributed by atoms with van der Waals surface area (Å²) in [5.74, 6) is 0.342. The summed E-state index contributed by atoms with van der Waals surface area (Å²) in [7, 11) is 1.42. The number of methoxy groups -OCH3 is 1. The molecule has 1 unspecified atom stereocenters. The molecule has 104 valence electrons. The highest BCUT2D eigenvalue weighted by molar-refractivity contribution is 7.99. The van der Waals surface area contributed by atoms with Crippen molar-refractivity contribution in [3.05, 3.63) is 29.6 Å². The third-order valence-corrected chi connectivity index (χ3v) is 4.18. The summed E-state index contributed by atoms with van der Waals surface area (Å²) in [5.41, 5.74) is 0.470. The molecular formula is C13H16FNO3S. The average molecular weight is 285 g/mol. The Morgan fingerprint density at radius 2 is 2.42 bits per heavy atom. The van der Waals surface area contributed by atoms with Crippen molar-refractivity contribution in [1.29, 1.82) is 0 Å². The summed E-state index contributed by atoms with van der Waals surface area (Å²) in [6.45, 7) is 0.943. The lowest BCUT2D eigenvalue weighted by Crippen LogP contribution is -2.46. The number of thioether (sulfide) groups is 1. The minimum absolute atomic E-state index is 0.191. The number of hydrogen-bond acceptors (Lipinski definition) is 4. The van der Waals surface area contributed by atoms with E-state index >= 15 is 0 Å². The molecule has 19 heavy (non-hydrogen) atoms. The van der Waals surface area contributed by atoms with Crippen LogP contribution in [0.5, 0.6) is 5.75 Å². The molecule has 1 aromatic rings. The van der Waals surface area contributed by atoms with Crippen LogP contribution in [0.2, 0.25) is 0 Å². The molecule has 0 aromatic heterocycles. The Balaban J connectivity index is 2.17. The maximum atomic E-state index is 14.1. The number of hydrogen-bond donors (Lipinski definition) is 1. The molecule has 4 nitrogen and oxygen atoms in total. The van der Waals surface area contributed by atoms with Crippen LogP contribution in [0.1, 0.15) is 5.56 Å². The Kier molecular flexibility index (Phi) is 4.66. The number of ether oxygens (including phenoxy) is 1. The van der Waals surface area contributed by atoms with Crippen molar-refractivity contribution in [2.24, 2.45) is 0 Å². The van der Waals surface area contributed by atoms with E-state index in [4.69, 9.17) is 4.74 Å². The van der Waals surface area contributed by atoms with Crippen molar-refractivity contribution in [3.63, 3.8) is 0 Å². The first-order valence-electron chi connectivity index (χ1n) is 5.99. The number of benzene rings is 1. The molecule has 2 rings (SSSR count). The Bertz CT molecular complexity index is 469. The van der Waals surface area contributed by atoms with Crippen LogP contribution >= 0.6 is 11.8 Å². The molecule has 0 spiro atoms. The number of carboxylic acid groups (broad SMARTS) is 1. The fourth-order valence-corrected chi connectivity index (χ4v) is 3.22. The van der Waals surface area contributed by atoms with Crippen molar-refractivity contribution in [2.75, 3.05) is 25.2 Å². The SMILES string of the molecule is COc1cccc(CN2CCSCC2C(=O)O)c1F. The van der Waals surface area contributed by atoms with Gasteiger partial charge in [-0.3, -0.25) is 9.69 Å². The standard InChI is InChI=1S/C13H16FNO3S/c1-18-11-4-2-3-9(12(11)14)7-15-5-6-19-8-10(15)13(16)17/h2-4,10H,5-8H2,1H3,(H,16,17). The van der Waals surface area contributed by atoms with Crippen LogP contribution < -0.4 is 4.74 Å². The quantitative estimate of drug-likeness (QED) is 0.914. The molecule has 1 aromatic carbocycles. The molecule has 0 saturated carbocycles. The van der Waals surface area contributed by atoms with E-state index in [-0.39, 0.29) is 5.75 Å². The minimum atomic E-state index is -0.851. The van der Waals surface area contributed by atoms with Crippen molar-refractivity contribution in [1.82, 2.24) is 4.90 Å². The van der Waals surface area contributed by atoms with E-state index in [1.165, 1.54) is 7.11 Å². The Labute approximate surface area is 115 Å². The maximum Gasteiger partial charge on any atom is 0.321 e. The lowest BCUT2D eigenvalue weighted by atomic mass is 10.1. The van der Waals surface area contributed by atoms with Crippen LogP contribution in [0, 0.1) is 5.82 Å². The molecule has 1 aliphatic heterocycles. The molecule has 0 bridgehead atoms. The van der Waals surface area contributed by atoms with Gasteiger partial charge in [-0.25, -0.2) is 4.39 Å². The first-order chi connectivity index (χ1) is 9.13. The summed E-state index contributed by atoms with van der Waals surface area (Å²) in [5, 5.41) is 9.18. The van der Waals surface area contributed by atoms with Gasteiger partial charge in [0.25, 0.3) is 0 Å². The first kappa shape index (κ1) is 14.1. The van der Waals surface area contributed by atoms with E-state index in [1.54, 1.807) is 34.9 Å². The third kappa shape index (κ3) is 3.19. The maximum absolute atomic E-state index is 14.1. The monoisotopic (exact) mass is 285 g/mol. The summed E-state index contributed by atoms with van der Waals surface area (Å²) < 4.78 is 19.0. The number of carbonyl (C=O) groups is 1. The highest BCUT2D eigenvalue weighted by Gasteiger charge is 2.29. The second kappa shape index (κ2) is 6.25. The van der Waals surface area contributed by atoms with E-state index in [9.17, 15) is 14.3 Å². The zero-order valence-corrected chi connectivity index (χ0v) is 11.5. The number of rotatable bonds is 4. The van der Waals surface area contributed by atoms with Gasteiger partial charge < -0.3 is 9.84 Å². The second-order valence-electron chi connectivity index (χ2n) is 4.33. The molecule has 1 fully saturated rings. The first-order valence-corrected chi connectivity index (χ1v) is 7.15. The molecular weight excluding hydrogens is 269 g/mol. The van der Waals surface area contributed by atoms with Crippen molar-refractivity contribution < 1.29 is 19.0 Å². The van der Waals surface area contributed by atoms with Crippen LogP contribution in [0.15, 0.2) is 18.2 Å². The van der Waals surface area contributed by atoms with Gasteiger partial charge in [-0.15, -0.1) is 0 Å². The number of nitrogens with zero attached hydrogens (tertiary/aromatic N) is 1. The van der Waals surface area contributed by atoms with Crippen LogP contribution in [0.4, 0.5) is 4.39 Å². The molecule has 1 aliphatic rings. The van der Waals surface area contributed by atoms with Gasteiger partial charge in [-0.1, -0.05) is 12.1 Å². The zero-order chi connectivity index (χ0) is 13.8. The van der Waals surface area contributed by atoms with Gasteiger partial charge >= 0.3 is 5.97 Å². The second-order valence-corrected chi connectivity index (χ2v) is 5.48. The fraction of sp³-hybridized carbons (Fsp3) is 0.462. The lowest BCUT2D eigenvalue weighted by Gasteiger charge is -2.32. The van der Waals surface area contributed by atoms with E-state index < -0.39 is 17.8 Å². The van der Waals surface area contributed by atoms with Crippen LogP contribution in [-0.2, 0) is 11.3 Å². The predicted octanol–water partition coefficient (Wildman–Crippen LogP) is 1.84. The van der Waals surface area contributed by atoms with Crippen molar-refractivity contribution in [2.45, 2.75) is 12.6 Å². The highest BCUT2D eigenvalue weighted by atomic mass is 32.2. The topological polar surface area (TPSA) is 49.8 Å². The summed E-state index contributed by atoms with van der Waals surface area (Å²) in [4.78, 5) is 13.0. The summed E-state index contributed by atoms with van der Waals surface area (Å²) >= 11 is 1.62. The largest absolute Gasteiger partial charge is 0.494 e. The number of halogens is 1. The van der Waals surface area contributed by atoms with Crippen LogP contribution in [-0.4, -0.2) is 47.2 Å². The summed E-state index contributed by atoms with van der Waals surface area (Å²) in [6, 6.07) is 4.38. The van der Waals surface area contributed by atoms with Gasteiger partial charge in [0.05, 0.1) is 7.11 Å². The molecule has 1 saturated heterocycles. The van der Waals surface area contributed by atoms with Crippen molar-refractivity contribution >= 4 is 17.7 Å². The van der Waals surface area contributed by atoms with Gasteiger partial charge in [0, 0.05) is 30.2 Å². The summed E-state index contributed by atoms with van der Waals surface area (Å²) in [6.07, 6.45) is 0. The van der Waals surface area contributed by atoms with Crippen LogP contribution in [0.3, 0.4) is 0 Å². The Hall–Kier alpha value is -1.27. The molecule has 1 heterocycles. The fourth-order valence-electron chi connectivity index (χ4n) is 2.11. The molecule has 1 atom stereocenters. The smallest absolute Gasteiger partial charge is 0.321 e. The van der Waals surface area contributed by atoms with Gasteiger partial charge in [-0.05, 0) is 6.07 Å². The molecule has 6 heteroatoms. The van der Waals surface area contributed by atoms with Crippen molar-refractivity contribution in [3.8, 4) is 5.75 Å². The molecule has 0 radical (unpaired) electrons. The number of carboxylic acids is 1. The normalized spacial score (nSPS) is 20.2. The van der Waals surface area contributed by atoms with E-state index in [0.29, 0.717) is 24.4 Å². The van der Waals surface area contributed by atoms with Gasteiger partial charge in [0.15, 0.2) is 11.6 Å². The third-order valence-electron chi connectivity index (χ3n) is 3.16. The van der Waals surface area contributed by atoms with E-state index in [1.807, 2.05) is 0 Å². The minimum Gasteiger partial charge on any atom is -0.494 e. The predicted molar refractivity (Wildman–Crippen MR) is 72.1 cm³/mol. The number of aliphatic carboxylic acids is 1. The van der Waals surface area contributed by atoms with E-state index in [2.05, 4.69) is 0 Å². The Morgan fingerprint density at radius 1 is 1.63 bits per heavy atom.